The summed E-state index contributed by atoms with van der Waals surface area (Å²) in [5.74, 6) is 1.61. The van der Waals surface area contributed by atoms with Gasteiger partial charge in [-0.25, -0.2) is 0 Å². The Morgan fingerprint density at radius 3 is 2.50 bits per heavy atom. The standard InChI is InChI=1S/C16H18BrNO2/c1-10-6-11(2)16(8-14(10)18)20-9-12-7-13(17)4-5-15(12)19-3/h4-8H,9,18H2,1-3H3. The molecule has 0 atom stereocenters. The number of ether oxygens (including phenoxy) is 2. The van der Waals surface area contributed by atoms with E-state index in [2.05, 4.69) is 15.9 Å². The Morgan fingerprint density at radius 2 is 1.80 bits per heavy atom. The lowest BCUT2D eigenvalue weighted by atomic mass is 10.1. The summed E-state index contributed by atoms with van der Waals surface area (Å²) in [6.07, 6.45) is 0. The normalized spacial score (nSPS) is 10.4. The van der Waals surface area contributed by atoms with Crippen LogP contribution in [-0.4, -0.2) is 7.11 Å². The Kier molecular flexibility index (Phi) is 4.55. The number of nitrogen functional groups attached to an aromatic ring is 1. The van der Waals surface area contributed by atoms with E-state index in [0.29, 0.717) is 6.61 Å². The van der Waals surface area contributed by atoms with Crippen LogP contribution in [0.15, 0.2) is 34.8 Å². The number of benzene rings is 2. The predicted molar refractivity (Wildman–Crippen MR) is 85.4 cm³/mol. The van der Waals surface area contributed by atoms with Crippen molar-refractivity contribution in [2.45, 2.75) is 20.5 Å². The molecule has 0 saturated carbocycles. The second-order valence-corrected chi connectivity index (χ2v) is 5.63. The van der Waals surface area contributed by atoms with Crippen molar-refractivity contribution in [3.63, 3.8) is 0 Å². The van der Waals surface area contributed by atoms with Gasteiger partial charge in [0, 0.05) is 21.8 Å². The summed E-state index contributed by atoms with van der Waals surface area (Å²) in [5, 5.41) is 0. The average molecular weight is 336 g/mol. The number of aryl methyl sites for hydroxylation is 2. The summed E-state index contributed by atoms with van der Waals surface area (Å²) < 4.78 is 12.2. The molecule has 0 aliphatic carbocycles. The van der Waals surface area contributed by atoms with Gasteiger partial charge in [-0.05, 0) is 43.2 Å². The minimum atomic E-state index is 0.436. The first-order valence-electron chi connectivity index (χ1n) is 6.33. The zero-order valence-corrected chi connectivity index (χ0v) is 13.5. The molecule has 2 aromatic rings. The second-order valence-electron chi connectivity index (χ2n) is 4.72. The second kappa shape index (κ2) is 6.18. The summed E-state index contributed by atoms with van der Waals surface area (Å²) in [7, 11) is 1.65. The minimum Gasteiger partial charge on any atom is -0.496 e. The van der Waals surface area contributed by atoms with Crippen LogP contribution in [0.25, 0.3) is 0 Å². The highest BCUT2D eigenvalue weighted by molar-refractivity contribution is 9.10. The van der Waals surface area contributed by atoms with E-state index in [4.69, 9.17) is 15.2 Å². The number of nitrogens with two attached hydrogens (primary N) is 1. The van der Waals surface area contributed by atoms with Crippen molar-refractivity contribution in [3.05, 3.63) is 51.5 Å². The Hall–Kier alpha value is -1.68. The molecule has 0 aromatic heterocycles. The smallest absolute Gasteiger partial charge is 0.125 e. The number of hydrogen-bond donors (Lipinski definition) is 1. The van der Waals surface area contributed by atoms with Crippen molar-refractivity contribution < 1.29 is 9.47 Å². The third-order valence-electron chi connectivity index (χ3n) is 3.19. The third-order valence-corrected chi connectivity index (χ3v) is 3.68. The van der Waals surface area contributed by atoms with Gasteiger partial charge >= 0.3 is 0 Å². The average Bonchev–Trinajstić information content (AvgIpc) is 2.41. The van der Waals surface area contributed by atoms with E-state index < -0.39 is 0 Å². The van der Waals surface area contributed by atoms with Gasteiger partial charge in [-0.2, -0.15) is 0 Å². The van der Waals surface area contributed by atoms with Crippen molar-refractivity contribution in [2.75, 3.05) is 12.8 Å². The number of hydrogen-bond acceptors (Lipinski definition) is 3. The molecule has 0 fully saturated rings. The van der Waals surface area contributed by atoms with Crippen molar-refractivity contribution in [1.29, 1.82) is 0 Å². The van der Waals surface area contributed by atoms with Gasteiger partial charge < -0.3 is 15.2 Å². The van der Waals surface area contributed by atoms with Crippen molar-refractivity contribution in [3.8, 4) is 11.5 Å². The zero-order chi connectivity index (χ0) is 14.7. The first kappa shape index (κ1) is 14.7. The molecule has 0 aliphatic heterocycles. The van der Waals surface area contributed by atoms with Gasteiger partial charge in [0.05, 0.1) is 7.11 Å². The summed E-state index contributed by atoms with van der Waals surface area (Å²) in [4.78, 5) is 0. The molecule has 106 valence electrons. The zero-order valence-electron chi connectivity index (χ0n) is 11.9. The largest absolute Gasteiger partial charge is 0.496 e. The summed E-state index contributed by atoms with van der Waals surface area (Å²) >= 11 is 3.46. The van der Waals surface area contributed by atoms with Gasteiger partial charge in [-0.3, -0.25) is 0 Å². The van der Waals surface area contributed by atoms with Crippen molar-refractivity contribution in [2.24, 2.45) is 0 Å². The Balaban J connectivity index is 2.21. The highest BCUT2D eigenvalue weighted by atomic mass is 79.9. The molecule has 0 unspecified atom stereocenters. The Bertz CT molecular complexity index is 626. The molecule has 2 aromatic carbocycles. The van der Waals surface area contributed by atoms with E-state index in [1.165, 1.54) is 0 Å². The molecule has 0 saturated heterocycles. The molecule has 2 N–H and O–H groups in total. The quantitative estimate of drug-likeness (QED) is 0.850. The van der Waals surface area contributed by atoms with Gasteiger partial charge in [0.25, 0.3) is 0 Å². The van der Waals surface area contributed by atoms with Crippen LogP contribution < -0.4 is 15.2 Å². The van der Waals surface area contributed by atoms with Crippen LogP contribution >= 0.6 is 15.9 Å². The fourth-order valence-corrected chi connectivity index (χ4v) is 2.43. The third kappa shape index (κ3) is 3.25. The predicted octanol–water partition coefficient (Wildman–Crippen LogP) is 4.24. The molecule has 0 spiro atoms. The van der Waals surface area contributed by atoms with Crippen LogP contribution in [0.4, 0.5) is 5.69 Å². The lowest BCUT2D eigenvalue weighted by Gasteiger charge is -2.13. The van der Waals surface area contributed by atoms with E-state index in [1.807, 2.05) is 44.2 Å². The molecule has 4 heteroatoms. The molecular formula is C16H18BrNO2. The van der Waals surface area contributed by atoms with Crippen LogP contribution in [0.1, 0.15) is 16.7 Å². The van der Waals surface area contributed by atoms with Crippen LogP contribution in [0.2, 0.25) is 0 Å². The number of anilines is 1. The topological polar surface area (TPSA) is 44.5 Å². The lowest BCUT2D eigenvalue weighted by molar-refractivity contribution is 0.295. The van der Waals surface area contributed by atoms with Crippen molar-refractivity contribution >= 4 is 21.6 Å². The van der Waals surface area contributed by atoms with Gasteiger partial charge in [-0.1, -0.05) is 22.0 Å². The van der Waals surface area contributed by atoms with E-state index in [0.717, 1.165) is 38.3 Å². The van der Waals surface area contributed by atoms with Gasteiger partial charge in [0.2, 0.25) is 0 Å². The van der Waals surface area contributed by atoms with Crippen LogP contribution in [0.3, 0.4) is 0 Å². The molecule has 0 bridgehead atoms. The van der Waals surface area contributed by atoms with Gasteiger partial charge in [0.1, 0.15) is 18.1 Å². The Labute approximate surface area is 127 Å². The van der Waals surface area contributed by atoms with E-state index >= 15 is 0 Å². The molecule has 0 heterocycles. The van der Waals surface area contributed by atoms with E-state index in [-0.39, 0.29) is 0 Å². The summed E-state index contributed by atoms with van der Waals surface area (Å²) in [5.41, 5.74) is 9.79. The molecule has 0 amide bonds. The first-order chi connectivity index (χ1) is 9.51. The summed E-state index contributed by atoms with van der Waals surface area (Å²) in [6, 6.07) is 9.75. The first-order valence-corrected chi connectivity index (χ1v) is 7.12. The maximum Gasteiger partial charge on any atom is 0.125 e. The van der Waals surface area contributed by atoms with Crippen LogP contribution in [0.5, 0.6) is 11.5 Å². The van der Waals surface area contributed by atoms with Gasteiger partial charge in [-0.15, -0.1) is 0 Å². The van der Waals surface area contributed by atoms with Crippen LogP contribution in [-0.2, 0) is 6.61 Å². The maximum atomic E-state index is 5.93. The number of rotatable bonds is 4. The Morgan fingerprint density at radius 1 is 1.05 bits per heavy atom. The minimum absolute atomic E-state index is 0.436. The molecular weight excluding hydrogens is 318 g/mol. The van der Waals surface area contributed by atoms with Crippen molar-refractivity contribution in [1.82, 2.24) is 0 Å². The molecule has 0 radical (unpaired) electrons. The summed E-state index contributed by atoms with van der Waals surface area (Å²) in [6.45, 7) is 4.44. The lowest BCUT2D eigenvalue weighted by Crippen LogP contribution is -2.01. The number of methoxy groups -OCH3 is 1. The van der Waals surface area contributed by atoms with E-state index in [9.17, 15) is 0 Å². The molecule has 2 rings (SSSR count). The molecule has 0 aliphatic rings. The fraction of sp³-hybridized carbons (Fsp3) is 0.250. The van der Waals surface area contributed by atoms with Gasteiger partial charge in [0.15, 0.2) is 0 Å². The highest BCUT2D eigenvalue weighted by Gasteiger charge is 2.07. The number of halogens is 1. The SMILES string of the molecule is COc1ccc(Br)cc1COc1cc(N)c(C)cc1C. The maximum absolute atomic E-state index is 5.93. The van der Waals surface area contributed by atoms with Crippen LogP contribution in [0, 0.1) is 13.8 Å². The molecule has 3 nitrogen and oxygen atoms in total. The highest BCUT2D eigenvalue weighted by Crippen LogP contribution is 2.28. The van der Waals surface area contributed by atoms with E-state index in [1.54, 1.807) is 7.11 Å². The fourth-order valence-electron chi connectivity index (χ4n) is 2.02. The molecule has 20 heavy (non-hydrogen) atoms. The monoisotopic (exact) mass is 335 g/mol.